The van der Waals surface area contributed by atoms with Gasteiger partial charge in [-0.05, 0) is 50.6 Å². The maximum Gasteiger partial charge on any atom is 0.295 e. The Morgan fingerprint density at radius 2 is 1.71 bits per heavy atom. The van der Waals surface area contributed by atoms with Crippen LogP contribution in [-0.4, -0.2) is 36.0 Å². The summed E-state index contributed by atoms with van der Waals surface area (Å²) in [6, 6.07) is 14.9. The number of aromatic nitrogens is 2. The van der Waals surface area contributed by atoms with Crippen LogP contribution in [-0.2, 0) is 21.9 Å². The Bertz CT molecular complexity index is 1280. The normalized spacial score (nSPS) is 12.4. The predicted octanol–water partition coefficient (Wildman–Crippen LogP) is 2.59. The smallest absolute Gasteiger partial charge is 0.295 e. The number of benzene rings is 2. The summed E-state index contributed by atoms with van der Waals surface area (Å²) in [6.07, 6.45) is 1.05. The molecule has 1 atom stereocenters. The van der Waals surface area contributed by atoms with Gasteiger partial charge in [0, 0.05) is 7.05 Å². The van der Waals surface area contributed by atoms with Gasteiger partial charge in [0.05, 0.1) is 23.3 Å². The molecular weight excluding hydrogens is 416 g/mol. The monoisotopic (exact) mass is 442 g/mol. The summed E-state index contributed by atoms with van der Waals surface area (Å²) < 4.78 is 29.1. The van der Waals surface area contributed by atoms with Gasteiger partial charge in [-0.2, -0.15) is 0 Å². The van der Waals surface area contributed by atoms with E-state index in [4.69, 9.17) is 0 Å². The molecule has 3 rings (SSSR count). The molecule has 0 saturated carbocycles. The van der Waals surface area contributed by atoms with Gasteiger partial charge in [-0.1, -0.05) is 30.3 Å². The second kappa shape index (κ2) is 8.43. The minimum atomic E-state index is -3.75. The molecule has 1 unspecified atom stereocenters. The van der Waals surface area contributed by atoms with Crippen molar-refractivity contribution >= 4 is 27.3 Å². The molecule has 0 bridgehead atoms. The highest BCUT2D eigenvalue weighted by molar-refractivity contribution is 7.92. The Morgan fingerprint density at radius 1 is 1.06 bits per heavy atom. The SMILES string of the molecule is Cc1cccc(N(C(C)C(=O)Nc2c(C)n(C)n(-c3ccccc3)c2=O)S(C)(=O)=O)c1. The van der Waals surface area contributed by atoms with Crippen LogP contribution in [0.3, 0.4) is 0 Å². The highest BCUT2D eigenvalue weighted by Gasteiger charge is 2.30. The van der Waals surface area contributed by atoms with Crippen molar-refractivity contribution in [2.24, 2.45) is 7.05 Å². The zero-order valence-electron chi connectivity index (χ0n) is 18.2. The van der Waals surface area contributed by atoms with Crippen LogP contribution >= 0.6 is 0 Å². The van der Waals surface area contributed by atoms with Crippen LogP contribution in [0.1, 0.15) is 18.2 Å². The molecule has 1 heterocycles. The lowest BCUT2D eigenvalue weighted by Crippen LogP contribution is -2.45. The van der Waals surface area contributed by atoms with Gasteiger partial charge in [-0.3, -0.25) is 18.6 Å². The number of hydrogen-bond acceptors (Lipinski definition) is 4. The minimum absolute atomic E-state index is 0.112. The third kappa shape index (κ3) is 4.41. The summed E-state index contributed by atoms with van der Waals surface area (Å²) in [6.45, 7) is 5.05. The van der Waals surface area contributed by atoms with Crippen LogP contribution in [0.15, 0.2) is 59.4 Å². The Balaban J connectivity index is 1.98. The summed E-state index contributed by atoms with van der Waals surface area (Å²) in [5.74, 6) is -0.599. The molecule has 0 aliphatic carbocycles. The molecule has 0 fully saturated rings. The molecule has 8 nitrogen and oxygen atoms in total. The number of carbonyl (C=O) groups is 1. The first-order chi connectivity index (χ1) is 14.5. The standard InChI is InChI=1S/C22H26N4O4S/c1-15-10-9-13-19(14-15)26(31(5,29)30)17(3)21(27)23-20-16(2)24(4)25(22(20)28)18-11-7-6-8-12-18/h6-14,17H,1-5H3,(H,23,27). The molecule has 3 aromatic rings. The number of anilines is 2. The van der Waals surface area contributed by atoms with Crippen molar-refractivity contribution in [1.29, 1.82) is 0 Å². The van der Waals surface area contributed by atoms with Crippen LogP contribution in [0.5, 0.6) is 0 Å². The zero-order valence-corrected chi connectivity index (χ0v) is 19.0. The van der Waals surface area contributed by atoms with Gasteiger partial charge < -0.3 is 5.32 Å². The van der Waals surface area contributed by atoms with E-state index >= 15 is 0 Å². The van der Waals surface area contributed by atoms with Crippen molar-refractivity contribution < 1.29 is 13.2 Å². The van der Waals surface area contributed by atoms with Crippen molar-refractivity contribution in [3.63, 3.8) is 0 Å². The molecule has 0 saturated heterocycles. The van der Waals surface area contributed by atoms with E-state index < -0.39 is 27.5 Å². The lowest BCUT2D eigenvalue weighted by molar-refractivity contribution is -0.116. The first-order valence-corrected chi connectivity index (χ1v) is 11.6. The Hall–Kier alpha value is -3.33. The Kier molecular flexibility index (Phi) is 6.08. The number of amides is 1. The van der Waals surface area contributed by atoms with Gasteiger partial charge in [0.15, 0.2) is 0 Å². The molecule has 1 amide bonds. The fraction of sp³-hybridized carbons (Fsp3) is 0.273. The molecule has 2 aromatic carbocycles. The van der Waals surface area contributed by atoms with Crippen LogP contribution in [0.2, 0.25) is 0 Å². The van der Waals surface area contributed by atoms with Gasteiger partial charge in [-0.25, -0.2) is 13.1 Å². The second-order valence-electron chi connectivity index (χ2n) is 7.50. The largest absolute Gasteiger partial charge is 0.318 e. The summed E-state index contributed by atoms with van der Waals surface area (Å²) in [7, 11) is -2.03. The molecule has 31 heavy (non-hydrogen) atoms. The third-order valence-corrected chi connectivity index (χ3v) is 6.39. The number of rotatable bonds is 6. The van der Waals surface area contributed by atoms with E-state index in [1.165, 1.54) is 11.6 Å². The van der Waals surface area contributed by atoms with E-state index in [1.807, 2.05) is 31.2 Å². The molecular formula is C22H26N4O4S. The van der Waals surface area contributed by atoms with Crippen LogP contribution in [0.25, 0.3) is 5.69 Å². The molecule has 0 spiro atoms. The summed E-state index contributed by atoms with van der Waals surface area (Å²) in [4.78, 5) is 26.1. The highest BCUT2D eigenvalue weighted by atomic mass is 32.2. The Morgan fingerprint density at radius 3 is 2.29 bits per heavy atom. The van der Waals surface area contributed by atoms with Crippen LogP contribution in [0.4, 0.5) is 11.4 Å². The van der Waals surface area contributed by atoms with E-state index in [1.54, 1.807) is 49.0 Å². The fourth-order valence-electron chi connectivity index (χ4n) is 3.51. The molecule has 1 N–H and O–H groups in total. The van der Waals surface area contributed by atoms with Crippen molar-refractivity contribution in [3.05, 3.63) is 76.2 Å². The van der Waals surface area contributed by atoms with E-state index in [9.17, 15) is 18.0 Å². The van der Waals surface area contributed by atoms with Crippen LogP contribution in [0, 0.1) is 13.8 Å². The number of carbonyl (C=O) groups excluding carboxylic acids is 1. The summed E-state index contributed by atoms with van der Waals surface area (Å²) in [5, 5.41) is 2.65. The van der Waals surface area contributed by atoms with E-state index in [2.05, 4.69) is 5.32 Å². The number of para-hydroxylation sites is 1. The second-order valence-corrected chi connectivity index (χ2v) is 9.36. The van der Waals surface area contributed by atoms with E-state index in [-0.39, 0.29) is 5.69 Å². The molecule has 164 valence electrons. The number of nitrogens with one attached hydrogen (secondary N) is 1. The van der Waals surface area contributed by atoms with Gasteiger partial charge in [0.25, 0.3) is 5.56 Å². The van der Waals surface area contributed by atoms with Crippen molar-refractivity contribution in [3.8, 4) is 5.69 Å². The predicted molar refractivity (Wildman–Crippen MR) is 122 cm³/mol. The maximum atomic E-state index is 13.0. The third-order valence-electron chi connectivity index (χ3n) is 5.15. The number of nitrogens with zero attached hydrogens (tertiary/aromatic N) is 3. The average Bonchev–Trinajstić information content (AvgIpc) is 2.91. The Labute approximate surface area is 181 Å². The first kappa shape index (κ1) is 22.4. The summed E-state index contributed by atoms with van der Waals surface area (Å²) in [5.41, 5.74) is 2.18. The minimum Gasteiger partial charge on any atom is -0.318 e. The lowest BCUT2D eigenvalue weighted by atomic mass is 10.2. The maximum absolute atomic E-state index is 13.0. The molecule has 0 radical (unpaired) electrons. The van der Waals surface area contributed by atoms with Crippen LogP contribution < -0.4 is 15.2 Å². The molecule has 0 aliphatic rings. The number of sulfonamides is 1. The highest BCUT2D eigenvalue weighted by Crippen LogP contribution is 2.23. The van der Waals surface area contributed by atoms with Crippen molar-refractivity contribution in [1.82, 2.24) is 9.36 Å². The number of hydrogen-bond donors (Lipinski definition) is 1. The summed E-state index contributed by atoms with van der Waals surface area (Å²) >= 11 is 0. The quantitative estimate of drug-likeness (QED) is 0.635. The molecule has 1 aromatic heterocycles. The average molecular weight is 443 g/mol. The lowest BCUT2D eigenvalue weighted by Gasteiger charge is -2.28. The fourth-order valence-corrected chi connectivity index (χ4v) is 4.68. The molecule has 0 aliphatic heterocycles. The van der Waals surface area contributed by atoms with Gasteiger partial charge in [0.1, 0.15) is 11.7 Å². The van der Waals surface area contributed by atoms with E-state index in [0.717, 1.165) is 16.1 Å². The van der Waals surface area contributed by atoms with Crippen molar-refractivity contribution in [2.75, 3.05) is 15.9 Å². The van der Waals surface area contributed by atoms with Crippen molar-refractivity contribution in [2.45, 2.75) is 26.8 Å². The topological polar surface area (TPSA) is 93.4 Å². The van der Waals surface area contributed by atoms with Gasteiger partial charge in [-0.15, -0.1) is 0 Å². The van der Waals surface area contributed by atoms with Gasteiger partial charge >= 0.3 is 0 Å². The van der Waals surface area contributed by atoms with E-state index in [0.29, 0.717) is 17.1 Å². The molecule has 9 heteroatoms. The number of aryl methyl sites for hydroxylation is 1. The zero-order chi connectivity index (χ0) is 22.9. The van der Waals surface area contributed by atoms with Gasteiger partial charge in [0.2, 0.25) is 15.9 Å². The first-order valence-electron chi connectivity index (χ1n) is 9.73.